The number of alkyl carbamates (subject to hydrolysis) is 2. The topological polar surface area (TPSA) is 149 Å². The minimum absolute atomic E-state index is 0.0321. The highest BCUT2D eigenvalue weighted by atomic mass is 35.5. The zero-order valence-electron chi connectivity index (χ0n) is 23.6. The Hall–Kier alpha value is -4.64. The van der Waals surface area contributed by atoms with Gasteiger partial charge in [0.25, 0.3) is 0 Å². The molecule has 2 aliphatic heterocycles. The number of hydrogen-bond acceptors (Lipinski definition) is 11. The van der Waals surface area contributed by atoms with Crippen LogP contribution in [0.4, 0.5) is 22.8 Å². The van der Waals surface area contributed by atoms with E-state index in [1.807, 2.05) is 0 Å². The molecule has 2 aromatic heterocycles. The van der Waals surface area contributed by atoms with Crippen LogP contribution in [0.15, 0.2) is 52.7 Å². The lowest BCUT2D eigenvalue weighted by atomic mass is 9.90. The number of fused-ring (bicyclic) bond motifs is 1. The average Bonchev–Trinajstić information content (AvgIpc) is 3.79. The fourth-order valence-corrected chi connectivity index (χ4v) is 5.93. The number of halogens is 4. The van der Waals surface area contributed by atoms with Crippen LogP contribution in [-0.4, -0.2) is 83.1 Å². The van der Waals surface area contributed by atoms with Gasteiger partial charge in [-0.25, -0.2) is 23.6 Å². The zero-order chi connectivity index (χ0) is 32.3. The number of nitrogens with one attached hydrogen (secondary N) is 2. The van der Waals surface area contributed by atoms with Crippen molar-refractivity contribution in [3.05, 3.63) is 74.8 Å². The number of hydrogen-bond donors (Lipinski definition) is 2. The van der Waals surface area contributed by atoms with Gasteiger partial charge in [-0.15, -0.1) is 11.3 Å². The van der Waals surface area contributed by atoms with Crippen molar-refractivity contribution in [2.24, 2.45) is 4.99 Å². The van der Waals surface area contributed by atoms with Gasteiger partial charge in [-0.1, -0.05) is 17.7 Å². The van der Waals surface area contributed by atoms with Crippen LogP contribution in [-0.2, 0) is 19.0 Å². The summed E-state index contributed by atoms with van der Waals surface area (Å²) in [6, 6.07) is 4.16. The number of amides is 2. The molecule has 1 aromatic carbocycles. The van der Waals surface area contributed by atoms with Crippen molar-refractivity contribution < 1.29 is 41.8 Å². The summed E-state index contributed by atoms with van der Waals surface area (Å²) in [5, 5.41) is 11.3. The van der Waals surface area contributed by atoms with Gasteiger partial charge in [0.1, 0.15) is 30.5 Å². The molecular formula is C27H25ClF3N7O6S. The molecule has 2 N–H and O–H groups in total. The van der Waals surface area contributed by atoms with Crippen molar-refractivity contribution in [2.75, 3.05) is 33.9 Å². The minimum Gasteiger partial charge on any atom is -0.468 e. The predicted molar refractivity (Wildman–Crippen MR) is 154 cm³/mol. The lowest BCUT2D eigenvalue weighted by molar-refractivity contribution is -0.139. The molecule has 0 unspecified atom stereocenters. The van der Waals surface area contributed by atoms with Crippen LogP contribution in [0, 0.1) is 5.82 Å². The van der Waals surface area contributed by atoms with Gasteiger partial charge in [0.15, 0.2) is 10.8 Å². The molecule has 13 nitrogen and oxygen atoms in total. The van der Waals surface area contributed by atoms with Crippen molar-refractivity contribution >= 4 is 52.5 Å². The van der Waals surface area contributed by atoms with E-state index in [4.69, 9.17) is 26.1 Å². The standard InChI is InChI=1S/C27H25ClF3N7O6S/c1-42-19(39)11-33-25(40)44-13-27(35-26(41)43-2)10-18-20(17-5-7-38(36-17)24(30)31)21(15-4-3-14(29)9-16(15)28)34-22(37(18)12-27)23-32-6-8-45-23/h3-9,21,24H,10-13H2,1-2H3,(H,33,40)(H,35,41)/t21-,27+/m0/s1. The van der Waals surface area contributed by atoms with E-state index in [0.29, 0.717) is 32.4 Å². The molecule has 1 saturated heterocycles. The van der Waals surface area contributed by atoms with Crippen LogP contribution in [0.3, 0.4) is 0 Å². The van der Waals surface area contributed by atoms with Gasteiger partial charge >= 0.3 is 24.7 Å². The molecule has 4 heterocycles. The van der Waals surface area contributed by atoms with Crippen molar-refractivity contribution in [2.45, 2.75) is 24.6 Å². The van der Waals surface area contributed by atoms with Gasteiger partial charge in [-0.05, 0) is 18.2 Å². The number of benzene rings is 1. The summed E-state index contributed by atoms with van der Waals surface area (Å²) in [7, 11) is 2.31. The number of amidine groups is 1. The molecule has 1 fully saturated rings. The monoisotopic (exact) mass is 667 g/mol. The number of methoxy groups -OCH3 is 2. The molecule has 0 aliphatic carbocycles. The molecule has 2 amide bonds. The first kappa shape index (κ1) is 31.8. The first-order valence-corrected chi connectivity index (χ1v) is 14.4. The second-order valence-electron chi connectivity index (χ2n) is 9.84. The molecule has 0 radical (unpaired) electrons. The van der Waals surface area contributed by atoms with E-state index in [9.17, 15) is 27.6 Å². The Balaban J connectivity index is 1.64. The Kier molecular flexibility index (Phi) is 9.29. The van der Waals surface area contributed by atoms with Crippen molar-refractivity contribution in [1.29, 1.82) is 0 Å². The number of aromatic nitrogens is 3. The smallest absolute Gasteiger partial charge is 0.407 e. The molecule has 3 aromatic rings. The van der Waals surface area contributed by atoms with Crippen LogP contribution < -0.4 is 10.6 Å². The maximum atomic E-state index is 14.1. The van der Waals surface area contributed by atoms with Crippen LogP contribution >= 0.6 is 22.9 Å². The summed E-state index contributed by atoms with van der Waals surface area (Å²) >= 11 is 7.77. The molecular weight excluding hydrogens is 643 g/mol. The van der Waals surface area contributed by atoms with Crippen LogP contribution in [0.5, 0.6) is 0 Å². The first-order valence-electron chi connectivity index (χ1n) is 13.1. The van der Waals surface area contributed by atoms with Gasteiger partial charge in [0, 0.05) is 46.1 Å². The van der Waals surface area contributed by atoms with Crippen molar-refractivity contribution in [3.63, 3.8) is 0 Å². The lowest BCUT2D eigenvalue weighted by Gasteiger charge is -2.32. The minimum atomic E-state index is -2.94. The Labute approximate surface area is 262 Å². The predicted octanol–water partition coefficient (Wildman–Crippen LogP) is 4.14. The summed E-state index contributed by atoms with van der Waals surface area (Å²) < 4.78 is 56.6. The Morgan fingerprint density at radius 2 is 2.00 bits per heavy atom. The van der Waals surface area contributed by atoms with Crippen LogP contribution in [0.25, 0.3) is 5.57 Å². The van der Waals surface area contributed by atoms with Gasteiger partial charge in [-0.2, -0.15) is 13.9 Å². The number of thiazole rings is 1. The summed E-state index contributed by atoms with van der Waals surface area (Å²) in [6.07, 6.45) is 0.819. The lowest BCUT2D eigenvalue weighted by Crippen LogP contribution is -2.55. The van der Waals surface area contributed by atoms with Gasteiger partial charge in [0.2, 0.25) is 0 Å². The summed E-state index contributed by atoms with van der Waals surface area (Å²) in [4.78, 5) is 47.6. The largest absolute Gasteiger partial charge is 0.468 e. The van der Waals surface area contributed by atoms with Crippen LogP contribution in [0.1, 0.15) is 35.3 Å². The molecule has 45 heavy (non-hydrogen) atoms. The Bertz CT molecular complexity index is 1670. The fourth-order valence-electron chi connectivity index (χ4n) is 5.01. The van der Waals surface area contributed by atoms with Gasteiger partial charge in [0.05, 0.1) is 26.5 Å². The van der Waals surface area contributed by atoms with Gasteiger partial charge in [-0.3, -0.25) is 9.79 Å². The fraction of sp³-hybridized carbons (Fsp3) is 0.333. The Morgan fingerprint density at radius 1 is 1.20 bits per heavy atom. The highest BCUT2D eigenvalue weighted by Crippen LogP contribution is 2.48. The number of alkyl halides is 2. The molecule has 0 saturated carbocycles. The van der Waals surface area contributed by atoms with E-state index in [0.717, 1.165) is 26.5 Å². The van der Waals surface area contributed by atoms with E-state index in [2.05, 4.69) is 25.5 Å². The van der Waals surface area contributed by atoms with Gasteiger partial charge < -0.3 is 29.7 Å². The van der Waals surface area contributed by atoms with E-state index in [-0.39, 0.29) is 23.7 Å². The van der Waals surface area contributed by atoms with E-state index >= 15 is 0 Å². The van der Waals surface area contributed by atoms with Crippen molar-refractivity contribution in [1.82, 2.24) is 30.3 Å². The maximum Gasteiger partial charge on any atom is 0.407 e. The number of nitrogens with zero attached hydrogens (tertiary/aromatic N) is 5. The number of carbonyl (C=O) groups is 3. The normalized spacial score (nSPS) is 19.2. The number of esters is 1. The van der Waals surface area contributed by atoms with E-state index < -0.39 is 55.3 Å². The molecule has 0 bridgehead atoms. The summed E-state index contributed by atoms with van der Waals surface area (Å²) in [6.45, 7) is -3.85. The van der Waals surface area contributed by atoms with Crippen molar-refractivity contribution in [3.8, 4) is 0 Å². The van der Waals surface area contributed by atoms with E-state index in [1.165, 1.54) is 29.5 Å². The zero-order valence-corrected chi connectivity index (χ0v) is 25.2. The maximum absolute atomic E-state index is 14.1. The third-order valence-electron chi connectivity index (χ3n) is 6.99. The SMILES string of the molecule is COC(=O)CNC(=O)OC[C@@]1(NC(=O)OC)CC2=C(c3ccn(C(F)F)n3)[C@H](c3ccc(F)cc3Cl)N=C(c3nccs3)N2C1. The summed E-state index contributed by atoms with van der Waals surface area (Å²) in [5.41, 5.74) is -0.0749. The average molecular weight is 668 g/mol. The quantitative estimate of drug-likeness (QED) is 0.254. The highest BCUT2D eigenvalue weighted by molar-refractivity contribution is 7.11. The highest BCUT2D eigenvalue weighted by Gasteiger charge is 2.50. The summed E-state index contributed by atoms with van der Waals surface area (Å²) in [5.74, 6) is -0.961. The third kappa shape index (κ3) is 6.73. The molecule has 5 rings (SSSR count). The molecule has 2 aliphatic rings. The number of rotatable bonds is 9. The second-order valence-corrected chi connectivity index (χ2v) is 11.1. The third-order valence-corrected chi connectivity index (χ3v) is 8.08. The second kappa shape index (κ2) is 13.2. The number of ether oxygens (including phenoxy) is 3. The molecule has 238 valence electrons. The first-order chi connectivity index (χ1) is 21.5. The number of aliphatic imine (C=N–C) groups is 1. The van der Waals surface area contributed by atoms with Crippen LogP contribution in [0.2, 0.25) is 5.02 Å². The van der Waals surface area contributed by atoms with E-state index in [1.54, 1.807) is 16.5 Å². The molecule has 2 atom stereocenters. The molecule has 0 spiro atoms. The molecule has 18 heteroatoms. The number of carbonyl (C=O) groups excluding carboxylic acids is 3. The Morgan fingerprint density at radius 3 is 2.64 bits per heavy atom.